The van der Waals surface area contributed by atoms with Crippen LogP contribution in [0.3, 0.4) is 0 Å². The number of carbonyl (C=O) groups is 2. The Hall–Kier alpha value is -4.96. The normalized spacial score (nSPS) is 22.0. The first-order chi connectivity index (χ1) is 19.7. The summed E-state index contributed by atoms with van der Waals surface area (Å²) in [6.07, 6.45) is 0. The third-order valence-corrected chi connectivity index (χ3v) is 8.21. The molecule has 0 saturated carbocycles. The molecule has 2 amide bonds. The number of nitrogens with zero attached hydrogens (tertiary/aromatic N) is 2. The highest BCUT2D eigenvalue weighted by molar-refractivity contribution is 6.09. The number of benzene rings is 5. The highest BCUT2D eigenvalue weighted by Gasteiger charge is 2.54. The lowest BCUT2D eigenvalue weighted by molar-refractivity contribution is -0.128. The lowest BCUT2D eigenvalue weighted by Gasteiger charge is -2.51. The molecule has 4 atom stereocenters. The molecular formula is C36H28N2O2. The average molecular weight is 521 g/mol. The van der Waals surface area contributed by atoms with Crippen LogP contribution in [0.1, 0.15) is 46.2 Å². The molecule has 5 aromatic carbocycles. The van der Waals surface area contributed by atoms with Gasteiger partial charge in [-0.25, -0.2) is 0 Å². The van der Waals surface area contributed by atoms with E-state index in [-0.39, 0.29) is 35.7 Å². The van der Waals surface area contributed by atoms with Gasteiger partial charge in [0.15, 0.2) is 0 Å². The first-order valence-electron chi connectivity index (χ1n) is 13.7. The van der Waals surface area contributed by atoms with Gasteiger partial charge in [0.25, 0.3) is 0 Å². The van der Waals surface area contributed by atoms with Crippen LogP contribution >= 0.6 is 0 Å². The minimum Gasteiger partial charge on any atom is -0.303 e. The summed E-state index contributed by atoms with van der Waals surface area (Å²) in [6.45, 7) is 0. The lowest BCUT2D eigenvalue weighted by atomic mass is 9.70. The molecule has 4 nitrogen and oxygen atoms in total. The van der Waals surface area contributed by atoms with Crippen LogP contribution in [0, 0.1) is 0 Å². The van der Waals surface area contributed by atoms with E-state index in [1.165, 1.54) is 0 Å². The molecule has 0 N–H and O–H groups in total. The summed E-state index contributed by atoms with van der Waals surface area (Å²) in [5.74, 6) is -0.659. The summed E-state index contributed by atoms with van der Waals surface area (Å²) in [7, 11) is 0. The van der Waals surface area contributed by atoms with Crippen molar-refractivity contribution in [3.63, 3.8) is 0 Å². The molecular weight excluding hydrogens is 492 g/mol. The van der Waals surface area contributed by atoms with Gasteiger partial charge in [0.1, 0.15) is 0 Å². The van der Waals surface area contributed by atoms with Crippen molar-refractivity contribution in [1.82, 2.24) is 0 Å². The number of anilines is 2. The second kappa shape index (κ2) is 9.97. The molecule has 0 bridgehead atoms. The van der Waals surface area contributed by atoms with Crippen LogP contribution in [0.5, 0.6) is 0 Å². The Morgan fingerprint density at radius 2 is 0.675 bits per heavy atom. The SMILES string of the molecule is O=C1[C@H](c2ccccc2[C@H]2C(=O)N(c3ccccc3)[C@H]2c2ccccc2)[C@@H](c2ccccc2)N1c1ccccc1. The third kappa shape index (κ3) is 3.84. The molecule has 2 aliphatic heterocycles. The van der Waals surface area contributed by atoms with Crippen molar-refractivity contribution in [1.29, 1.82) is 0 Å². The largest absolute Gasteiger partial charge is 0.303 e. The van der Waals surface area contributed by atoms with Crippen LogP contribution in [-0.2, 0) is 9.59 Å². The molecule has 194 valence electrons. The Balaban J connectivity index is 1.33. The summed E-state index contributed by atoms with van der Waals surface area (Å²) >= 11 is 0. The molecule has 2 saturated heterocycles. The van der Waals surface area contributed by atoms with Crippen molar-refractivity contribution in [3.8, 4) is 0 Å². The van der Waals surface area contributed by atoms with Crippen LogP contribution in [-0.4, -0.2) is 11.8 Å². The Labute approximate surface area is 234 Å². The fourth-order valence-electron chi connectivity index (χ4n) is 6.40. The highest BCUT2D eigenvalue weighted by Crippen LogP contribution is 2.54. The number of β-lactam (4-membered cyclic amide) rings is 2. The molecule has 0 unspecified atom stereocenters. The minimum atomic E-state index is -0.381. The number of para-hydroxylation sites is 2. The lowest BCUT2D eigenvalue weighted by Crippen LogP contribution is -2.56. The van der Waals surface area contributed by atoms with E-state index in [0.717, 1.165) is 33.6 Å². The minimum absolute atomic E-state index is 0.0513. The summed E-state index contributed by atoms with van der Waals surface area (Å²) < 4.78 is 0. The maximum absolute atomic E-state index is 14.0. The molecule has 4 heteroatoms. The van der Waals surface area contributed by atoms with Gasteiger partial charge in [-0.2, -0.15) is 0 Å². The number of carbonyl (C=O) groups excluding carboxylic acids is 2. The maximum atomic E-state index is 14.0. The standard InChI is InChI=1S/C36H28N2O2/c39-35-31(33(25-15-5-1-6-16-25)37(35)27-19-9-3-10-20-27)29-23-13-14-24-30(29)32-34(26-17-7-2-8-18-26)38(36(32)40)28-21-11-4-12-22-28/h1-24,31-34H/t31-,32-,33-,34+/m1/s1. The Morgan fingerprint density at radius 3 is 1.02 bits per heavy atom. The fourth-order valence-corrected chi connectivity index (χ4v) is 6.40. The van der Waals surface area contributed by atoms with Gasteiger partial charge >= 0.3 is 0 Å². The number of rotatable bonds is 6. The second-order valence-corrected chi connectivity index (χ2v) is 10.4. The first kappa shape index (κ1) is 24.1. The monoisotopic (exact) mass is 520 g/mol. The molecule has 2 aliphatic rings. The van der Waals surface area contributed by atoms with Crippen molar-refractivity contribution in [2.75, 3.05) is 9.80 Å². The maximum Gasteiger partial charge on any atom is 0.237 e. The van der Waals surface area contributed by atoms with Gasteiger partial charge in [-0.3, -0.25) is 9.59 Å². The predicted octanol–water partition coefficient (Wildman–Crippen LogP) is 7.43. The van der Waals surface area contributed by atoms with E-state index in [0.29, 0.717) is 0 Å². The first-order valence-corrected chi connectivity index (χ1v) is 13.7. The van der Waals surface area contributed by atoms with Crippen LogP contribution < -0.4 is 9.80 Å². The summed E-state index contributed by atoms with van der Waals surface area (Å²) in [5, 5.41) is 0. The highest BCUT2D eigenvalue weighted by atomic mass is 16.2. The van der Waals surface area contributed by atoms with E-state index in [2.05, 4.69) is 24.3 Å². The molecule has 0 aliphatic carbocycles. The molecule has 2 heterocycles. The van der Waals surface area contributed by atoms with E-state index in [4.69, 9.17) is 0 Å². The fraction of sp³-hybridized carbons (Fsp3) is 0.111. The van der Waals surface area contributed by atoms with E-state index in [1.807, 2.05) is 131 Å². The molecule has 0 spiro atoms. The zero-order valence-corrected chi connectivity index (χ0v) is 21.9. The summed E-state index contributed by atoms with van der Waals surface area (Å²) in [4.78, 5) is 31.7. The van der Waals surface area contributed by atoms with Crippen LogP contribution in [0.4, 0.5) is 11.4 Å². The van der Waals surface area contributed by atoms with Crippen molar-refractivity contribution in [2.45, 2.75) is 23.9 Å². The molecule has 7 rings (SSSR count). The molecule has 2 fully saturated rings. The van der Waals surface area contributed by atoms with Gasteiger partial charge < -0.3 is 9.80 Å². The number of hydrogen-bond donors (Lipinski definition) is 0. The summed E-state index contributed by atoms with van der Waals surface area (Å²) in [6, 6.07) is 47.8. The number of amides is 2. The van der Waals surface area contributed by atoms with Crippen molar-refractivity contribution in [3.05, 3.63) is 168 Å². The Kier molecular flexibility index (Phi) is 6.01. The molecule has 0 aromatic heterocycles. The topological polar surface area (TPSA) is 40.6 Å². The average Bonchev–Trinajstić information content (AvgIpc) is 3.01. The van der Waals surface area contributed by atoms with Crippen LogP contribution in [0.2, 0.25) is 0 Å². The zero-order valence-electron chi connectivity index (χ0n) is 21.9. The van der Waals surface area contributed by atoms with E-state index >= 15 is 0 Å². The van der Waals surface area contributed by atoms with E-state index in [1.54, 1.807) is 0 Å². The van der Waals surface area contributed by atoms with Crippen molar-refractivity contribution >= 4 is 23.2 Å². The Bertz CT molecular complexity index is 1530. The molecule has 0 radical (unpaired) electrons. The van der Waals surface area contributed by atoms with E-state index in [9.17, 15) is 9.59 Å². The van der Waals surface area contributed by atoms with Gasteiger partial charge in [0, 0.05) is 11.4 Å². The predicted molar refractivity (Wildman–Crippen MR) is 158 cm³/mol. The van der Waals surface area contributed by atoms with Crippen LogP contribution in [0.15, 0.2) is 146 Å². The van der Waals surface area contributed by atoms with Gasteiger partial charge in [0.2, 0.25) is 11.8 Å². The van der Waals surface area contributed by atoms with Gasteiger partial charge in [-0.05, 0) is 46.5 Å². The van der Waals surface area contributed by atoms with Gasteiger partial charge in [-0.1, -0.05) is 121 Å². The molecule has 5 aromatic rings. The van der Waals surface area contributed by atoms with Crippen LogP contribution in [0.25, 0.3) is 0 Å². The summed E-state index contributed by atoms with van der Waals surface area (Å²) in [5.41, 5.74) is 5.79. The van der Waals surface area contributed by atoms with Crippen molar-refractivity contribution in [2.24, 2.45) is 0 Å². The quantitative estimate of drug-likeness (QED) is 0.219. The third-order valence-electron chi connectivity index (χ3n) is 8.21. The number of hydrogen-bond acceptors (Lipinski definition) is 2. The van der Waals surface area contributed by atoms with Gasteiger partial charge in [-0.15, -0.1) is 0 Å². The Morgan fingerprint density at radius 1 is 0.375 bits per heavy atom. The van der Waals surface area contributed by atoms with Crippen molar-refractivity contribution < 1.29 is 9.59 Å². The molecule has 40 heavy (non-hydrogen) atoms. The van der Waals surface area contributed by atoms with Gasteiger partial charge in [0.05, 0.1) is 23.9 Å². The van der Waals surface area contributed by atoms with E-state index < -0.39 is 0 Å². The second-order valence-electron chi connectivity index (χ2n) is 10.4. The smallest absolute Gasteiger partial charge is 0.237 e. The zero-order chi connectivity index (χ0) is 27.1.